The van der Waals surface area contributed by atoms with Gasteiger partial charge in [0.05, 0.1) is 12.7 Å². The van der Waals surface area contributed by atoms with Crippen molar-refractivity contribution in [1.29, 1.82) is 0 Å². The van der Waals surface area contributed by atoms with Crippen LogP contribution in [0.2, 0.25) is 0 Å². The van der Waals surface area contributed by atoms with Crippen LogP contribution in [-0.4, -0.2) is 24.9 Å². The van der Waals surface area contributed by atoms with Gasteiger partial charge in [0.25, 0.3) is 0 Å². The van der Waals surface area contributed by atoms with Gasteiger partial charge >= 0.3 is 0 Å². The molecule has 0 spiro atoms. The Hall–Kier alpha value is -1.06. The molecule has 0 bridgehead atoms. The zero-order valence-electron chi connectivity index (χ0n) is 9.98. The molecule has 1 atom stereocenters. The van der Waals surface area contributed by atoms with E-state index in [9.17, 15) is 5.11 Å². The van der Waals surface area contributed by atoms with Gasteiger partial charge in [0.15, 0.2) is 0 Å². The molecule has 1 aromatic rings. The Balaban J connectivity index is 2.33. The molecule has 0 aromatic heterocycles. The highest BCUT2D eigenvalue weighted by atomic mass is 16.5. The van der Waals surface area contributed by atoms with Crippen LogP contribution in [-0.2, 0) is 4.74 Å². The maximum Gasteiger partial charge on any atom is 0.119 e. The van der Waals surface area contributed by atoms with E-state index in [1.807, 2.05) is 24.3 Å². The molecule has 1 N–H and O–H groups in total. The third-order valence-corrected chi connectivity index (χ3v) is 2.19. The molecule has 0 amide bonds. The smallest absolute Gasteiger partial charge is 0.119 e. The lowest BCUT2D eigenvalue weighted by atomic mass is 10.1. The van der Waals surface area contributed by atoms with E-state index in [0.717, 1.165) is 24.3 Å². The highest BCUT2D eigenvalue weighted by Crippen LogP contribution is 2.18. The molecule has 16 heavy (non-hydrogen) atoms. The summed E-state index contributed by atoms with van der Waals surface area (Å²) >= 11 is 0. The first-order valence-corrected chi connectivity index (χ1v) is 5.72. The first kappa shape index (κ1) is 13.0. The van der Waals surface area contributed by atoms with E-state index in [0.29, 0.717) is 13.2 Å². The molecule has 0 heterocycles. The van der Waals surface area contributed by atoms with Gasteiger partial charge in [-0.1, -0.05) is 19.1 Å². The Morgan fingerprint density at radius 2 is 2.06 bits per heavy atom. The van der Waals surface area contributed by atoms with Crippen molar-refractivity contribution in [3.05, 3.63) is 29.8 Å². The normalized spacial score (nSPS) is 12.4. The van der Waals surface area contributed by atoms with Crippen molar-refractivity contribution in [1.82, 2.24) is 0 Å². The monoisotopic (exact) mass is 224 g/mol. The summed E-state index contributed by atoms with van der Waals surface area (Å²) in [6.07, 6.45) is 0.567. The van der Waals surface area contributed by atoms with Gasteiger partial charge in [0, 0.05) is 6.61 Å². The lowest BCUT2D eigenvalue weighted by Gasteiger charge is -2.09. The second kappa shape index (κ2) is 7.25. The Bertz CT molecular complexity index is 297. The van der Waals surface area contributed by atoms with Gasteiger partial charge in [-0.2, -0.15) is 0 Å². The first-order chi connectivity index (χ1) is 7.74. The molecule has 0 aliphatic carbocycles. The van der Waals surface area contributed by atoms with Crippen LogP contribution in [0.3, 0.4) is 0 Å². The summed E-state index contributed by atoms with van der Waals surface area (Å²) in [6, 6.07) is 7.49. The minimum Gasteiger partial charge on any atom is -0.491 e. The second-order valence-corrected chi connectivity index (χ2v) is 3.71. The van der Waals surface area contributed by atoms with Gasteiger partial charge < -0.3 is 14.6 Å². The van der Waals surface area contributed by atoms with E-state index in [-0.39, 0.29) is 0 Å². The fourth-order valence-electron chi connectivity index (χ4n) is 1.33. The van der Waals surface area contributed by atoms with Gasteiger partial charge in [-0.15, -0.1) is 0 Å². The van der Waals surface area contributed by atoms with Crippen molar-refractivity contribution in [3.8, 4) is 5.75 Å². The van der Waals surface area contributed by atoms with Crippen LogP contribution in [0.25, 0.3) is 0 Å². The Labute approximate surface area is 97.0 Å². The van der Waals surface area contributed by atoms with Gasteiger partial charge in [-0.3, -0.25) is 0 Å². The highest BCUT2D eigenvalue weighted by molar-refractivity contribution is 5.29. The average Bonchev–Trinajstić information content (AvgIpc) is 2.29. The summed E-state index contributed by atoms with van der Waals surface area (Å²) in [5, 5.41) is 9.41. The van der Waals surface area contributed by atoms with Crippen LogP contribution in [0.4, 0.5) is 0 Å². The maximum absolute atomic E-state index is 9.41. The fraction of sp³-hybridized carbons (Fsp3) is 0.538. The van der Waals surface area contributed by atoms with Crippen molar-refractivity contribution in [2.24, 2.45) is 0 Å². The van der Waals surface area contributed by atoms with E-state index >= 15 is 0 Å². The number of aliphatic hydroxyl groups excluding tert-OH is 1. The fourth-order valence-corrected chi connectivity index (χ4v) is 1.33. The zero-order valence-corrected chi connectivity index (χ0v) is 9.98. The van der Waals surface area contributed by atoms with E-state index in [1.54, 1.807) is 6.92 Å². The van der Waals surface area contributed by atoms with E-state index < -0.39 is 6.10 Å². The summed E-state index contributed by atoms with van der Waals surface area (Å²) in [7, 11) is 0. The van der Waals surface area contributed by atoms with Gasteiger partial charge in [-0.05, 0) is 31.0 Å². The molecule has 0 aliphatic rings. The minimum absolute atomic E-state index is 0.458. The van der Waals surface area contributed by atoms with E-state index in [1.165, 1.54) is 0 Å². The van der Waals surface area contributed by atoms with Crippen LogP contribution in [0.15, 0.2) is 24.3 Å². The van der Waals surface area contributed by atoms with Crippen LogP contribution >= 0.6 is 0 Å². The summed E-state index contributed by atoms with van der Waals surface area (Å²) in [4.78, 5) is 0. The minimum atomic E-state index is -0.458. The van der Waals surface area contributed by atoms with Crippen molar-refractivity contribution in [3.63, 3.8) is 0 Å². The molecule has 1 aromatic carbocycles. The third-order valence-electron chi connectivity index (χ3n) is 2.19. The lowest BCUT2D eigenvalue weighted by molar-refractivity contribution is 0.100. The molecule has 0 aliphatic heterocycles. The van der Waals surface area contributed by atoms with Crippen molar-refractivity contribution in [2.75, 3.05) is 19.8 Å². The Kier molecular flexibility index (Phi) is 5.90. The Morgan fingerprint density at radius 1 is 1.25 bits per heavy atom. The van der Waals surface area contributed by atoms with Crippen LogP contribution in [0.5, 0.6) is 5.75 Å². The molecule has 0 saturated heterocycles. The second-order valence-electron chi connectivity index (χ2n) is 3.71. The molecule has 90 valence electrons. The molecule has 0 radical (unpaired) electrons. The van der Waals surface area contributed by atoms with Crippen LogP contribution in [0, 0.1) is 0 Å². The SMILES string of the molecule is CCCOCCOc1cccc([C@H](C)O)c1. The molecule has 0 unspecified atom stereocenters. The van der Waals surface area contributed by atoms with Crippen LogP contribution < -0.4 is 4.74 Å². The Morgan fingerprint density at radius 3 is 2.75 bits per heavy atom. The molecule has 3 nitrogen and oxygen atoms in total. The van der Waals surface area contributed by atoms with E-state index in [4.69, 9.17) is 9.47 Å². The number of benzene rings is 1. The molecule has 0 saturated carbocycles. The molecule has 0 fully saturated rings. The number of hydrogen-bond acceptors (Lipinski definition) is 3. The molecule has 3 heteroatoms. The van der Waals surface area contributed by atoms with Crippen molar-refractivity contribution < 1.29 is 14.6 Å². The molecular formula is C13H20O3. The summed E-state index contributed by atoms with van der Waals surface area (Å²) in [5.41, 5.74) is 0.868. The molecule has 1 rings (SSSR count). The summed E-state index contributed by atoms with van der Waals surface area (Å²) in [6.45, 7) is 5.74. The molecular weight excluding hydrogens is 204 g/mol. The zero-order chi connectivity index (χ0) is 11.8. The summed E-state index contributed by atoms with van der Waals surface area (Å²) in [5.74, 6) is 0.776. The number of rotatable bonds is 7. The van der Waals surface area contributed by atoms with Crippen molar-refractivity contribution in [2.45, 2.75) is 26.4 Å². The van der Waals surface area contributed by atoms with Gasteiger partial charge in [0.1, 0.15) is 12.4 Å². The van der Waals surface area contributed by atoms with Gasteiger partial charge in [-0.25, -0.2) is 0 Å². The standard InChI is InChI=1S/C13H20O3/c1-3-7-15-8-9-16-13-6-4-5-12(10-13)11(2)14/h4-6,10-11,14H,3,7-9H2,1-2H3/t11-/m0/s1. The lowest BCUT2D eigenvalue weighted by Crippen LogP contribution is -2.07. The van der Waals surface area contributed by atoms with Gasteiger partial charge in [0.2, 0.25) is 0 Å². The largest absolute Gasteiger partial charge is 0.491 e. The quantitative estimate of drug-likeness (QED) is 0.723. The predicted molar refractivity (Wildman–Crippen MR) is 63.7 cm³/mol. The first-order valence-electron chi connectivity index (χ1n) is 5.72. The average molecular weight is 224 g/mol. The predicted octanol–water partition coefficient (Wildman–Crippen LogP) is 2.55. The highest BCUT2D eigenvalue weighted by Gasteiger charge is 2.01. The van der Waals surface area contributed by atoms with Crippen LogP contribution in [0.1, 0.15) is 31.9 Å². The number of ether oxygens (including phenoxy) is 2. The third kappa shape index (κ3) is 4.64. The van der Waals surface area contributed by atoms with E-state index in [2.05, 4.69) is 6.92 Å². The van der Waals surface area contributed by atoms with Crippen molar-refractivity contribution >= 4 is 0 Å². The topological polar surface area (TPSA) is 38.7 Å². The number of aliphatic hydroxyl groups is 1. The number of hydrogen-bond donors (Lipinski definition) is 1. The maximum atomic E-state index is 9.41. The summed E-state index contributed by atoms with van der Waals surface area (Å²) < 4.78 is 10.8.